The summed E-state index contributed by atoms with van der Waals surface area (Å²) in [6.07, 6.45) is 5.08. The van der Waals surface area contributed by atoms with Gasteiger partial charge < -0.3 is 5.32 Å². The number of benzene rings is 1. The van der Waals surface area contributed by atoms with Crippen LogP contribution >= 0.6 is 36.4 Å². The van der Waals surface area contributed by atoms with Crippen LogP contribution in [-0.4, -0.2) is 40.9 Å². The van der Waals surface area contributed by atoms with E-state index in [9.17, 15) is 0 Å². The normalized spacial score (nSPS) is 18.1. The molecule has 1 unspecified atom stereocenters. The minimum atomic E-state index is 0. The van der Waals surface area contributed by atoms with E-state index in [0.29, 0.717) is 6.04 Å². The zero-order valence-electron chi connectivity index (χ0n) is 13.1. The first-order chi connectivity index (χ1) is 10.2. The third-order valence-electron chi connectivity index (χ3n) is 4.03. The predicted molar refractivity (Wildman–Crippen MR) is 100 cm³/mol. The van der Waals surface area contributed by atoms with Crippen molar-refractivity contribution in [2.24, 2.45) is 7.05 Å². The molecule has 1 atom stereocenters. The fourth-order valence-electron chi connectivity index (χ4n) is 2.93. The fraction of sp³-hybridized carbons (Fsp3) is 0.438. The number of rotatable bonds is 4. The molecule has 1 aliphatic heterocycles. The van der Waals surface area contributed by atoms with E-state index in [1.54, 1.807) is 0 Å². The van der Waals surface area contributed by atoms with Crippen LogP contribution in [0.25, 0.3) is 0 Å². The first kappa shape index (κ1) is 20.3. The number of hydrogen-bond donors (Lipinski definition) is 1. The molecule has 1 saturated heterocycles. The maximum Gasteiger partial charge on any atom is 0.0522 e. The van der Waals surface area contributed by atoms with E-state index >= 15 is 0 Å². The first-order valence-electron chi connectivity index (χ1n) is 7.40. The Balaban J connectivity index is 0.00000132. The van der Waals surface area contributed by atoms with Crippen LogP contribution in [0.15, 0.2) is 36.7 Å². The quantitative estimate of drug-likeness (QED) is 0.889. The molecule has 3 rings (SSSR count). The van der Waals surface area contributed by atoms with Gasteiger partial charge in [0.25, 0.3) is 0 Å². The second-order valence-electron chi connectivity index (χ2n) is 5.58. The number of hydrogen-bond acceptors (Lipinski definition) is 3. The number of piperazine rings is 1. The van der Waals surface area contributed by atoms with Gasteiger partial charge in [-0.05, 0) is 29.7 Å². The SMILES string of the molecule is Cl.Cl.Cn1cc(CCN2CCNCC2c2cccc(Cl)c2)cn1. The molecule has 4 nitrogen and oxygen atoms in total. The van der Waals surface area contributed by atoms with Gasteiger partial charge in [-0.1, -0.05) is 23.7 Å². The molecule has 0 spiro atoms. The highest BCUT2D eigenvalue weighted by atomic mass is 35.5. The molecule has 2 aromatic rings. The topological polar surface area (TPSA) is 33.1 Å². The Bertz CT molecular complexity index is 603. The van der Waals surface area contributed by atoms with E-state index < -0.39 is 0 Å². The minimum Gasteiger partial charge on any atom is -0.314 e. The number of aromatic nitrogens is 2. The molecule has 128 valence electrons. The summed E-state index contributed by atoms with van der Waals surface area (Å²) in [5.74, 6) is 0. The van der Waals surface area contributed by atoms with Gasteiger partial charge in [0, 0.05) is 50.5 Å². The van der Waals surface area contributed by atoms with Crippen LogP contribution in [0.2, 0.25) is 5.02 Å². The summed E-state index contributed by atoms with van der Waals surface area (Å²) in [5.41, 5.74) is 2.58. The predicted octanol–water partition coefficient (Wildman–Crippen LogP) is 3.11. The maximum atomic E-state index is 6.14. The zero-order chi connectivity index (χ0) is 14.7. The van der Waals surface area contributed by atoms with Gasteiger partial charge in [-0.25, -0.2) is 0 Å². The highest BCUT2D eigenvalue weighted by Gasteiger charge is 2.23. The Morgan fingerprint density at radius 2 is 2.17 bits per heavy atom. The highest BCUT2D eigenvalue weighted by molar-refractivity contribution is 6.30. The molecular formula is C16H23Cl3N4. The molecule has 1 N–H and O–H groups in total. The molecule has 1 fully saturated rings. The number of halogens is 3. The Morgan fingerprint density at radius 3 is 2.87 bits per heavy atom. The largest absolute Gasteiger partial charge is 0.314 e. The van der Waals surface area contributed by atoms with Crippen LogP contribution in [0, 0.1) is 0 Å². The van der Waals surface area contributed by atoms with Gasteiger partial charge in [-0.2, -0.15) is 5.10 Å². The van der Waals surface area contributed by atoms with E-state index in [1.165, 1.54) is 11.1 Å². The summed E-state index contributed by atoms with van der Waals surface area (Å²) in [5, 5.41) is 8.53. The number of aryl methyl sites for hydroxylation is 1. The van der Waals surface area contributed by atoms with Gasteiger partial charge in [0.2, 0.25) is 0 Å². The zero-order valence-corrected chi connectivity index (χ0v) is 15.5. The lowest BCUT2D eigenvalue weighted by molar-refractivity contribution is 0.164. The summed E-state index contributed by atoms with van der Waals surface area (Å²) < 4.78 is 1.86. The summed E-state index contributed by atoms with van der Waals surface area (Å²) >= 11 is 6.14. The van der Waals surface area contributed by atoms with Crippen LogP contribution in [0.4, 0.5) is 0 Å². The van der Waals surface area contributed by atoms with Crippen molar-refractivity contribution in [3.8, 4) is 0 Å². The average Bonchev–Trinajstić information content (AvgIpc) is 2.91. The Labute approximate surface area is 155 Å². The van der Waals surface area contributed by atoms with Crippen LogP contribution in [0.1, 0.15) is 17.2 Å². The van der Waals surface area contributed by atoms with Crippen molar-refractivity contribution in [3.05, 3.63) is 52.8 Å². The van der Waals surface area contributed by atoms with Gasteiger partial charge >= 0.3 is 0 Å². The molecule has 0 saturated carbocycles. The van der Waals surface area contributed by atoms with Gasteiger partial charge in [-0.3, -0.25) is 9.58 Å². The van der Waals surface area contributed by atoms with E-state index in [-0.39, 0.29) is 24.8 Å². The summed E-state index contributed by atoms with van der Waals surface area (Å²) in [6.45, 7) is 4.14. The Hall–Kier alpha value is -0.780. The molecule has 1 aromatic heterocycles. The van der Waals surface area contributed by atoms with Crippen LogP contribution < -0.4 is 5.32 Å². The van der Waals surface area contributed by atoms with Crippen LogP contribution in [0.3, 0.4) is 0 Å². The van der Waals surface area contributed by atoms with E-state index in [2.05, 4.69) is 33.6 Å². The fourth-order valence-corrected chi connectivity index (χ4v) is 3.13. The lowest BCUT2D eigenvalue weighted by atomic mass is 10.0. The molecule has 0 aliphatic carbocycles. The van der Waals surface area contributed by atoms with Crippen LogP contribution in [0.5, 0.6) is 0 Å². The van der Waals surface area contributed by atoms with Crippen molar-refractivity contribution in [2.45, 2.75) is 12.5 Å². The molecule has 23 heavy (non-hydrogen) atoms. The number of nitrogens with zero attached hydrogens (tertiary/aromatic N) is 3. The van der Waals surface area contributed by atoms with Crippen LogP contribution in [-0.2, 0) is 13.5 Å². The van der Waals surface area contributed by atoms with Crippen molar-refractivity contribution in [1.29, 1.82) is 0 Å². The molecule has 0 radical (unpaired) electrons. The number of nitrogens with one attached hydrogen (secondary N) is 1. The third-order valence-corrected chi connectivity index (χ3v) is 4.27. The molecule has 0 amide bonds. The van der Waals surface area contributed by atoms with Crippen molar-refractivity contribution in [3.63, 3.8) is 0 Å². The lowest BCUT2D eigenvalue weighted by Crippen LogP contribution is -2.46. The molecule has 1 aliphatic rings. The van der Waals surface area contributed by atoms with Crippen molar-refractivity contribution in [2.75, 3.05) is 26.2 Å². The summed E-state index contributed by atoms with van der Waals surface area (Å²) in [4.78, 5) is 2.54. The van der Waals surface area contributed by atoms with Gasteiger partial charge in [0.1, 0.15) is 0 Å². The van der Waals surface area contributed by atoms with Gasteiger partial charge in [0.15, 0.2) is 0 Å². The van der Waals surface area contributed by atoms with Crippen molar-refractivity contribution < 1.29 is 0 Å². The van der Waals surface area contributed by atoms with Crippen molar-refractivity contribution >= 4 is 36.4 Å². The minimum absolute atomic E-state index is 0. The first-order valence-corrected chi connectivity index (χ1v) is 7.78. The van der Waals surface area contributed by atoms with E-state index in [1.807, 2.05) is 30.1 Å². The van der Waals surface area contributed by atoms with Gasteiger partial charge in [0.05, 0.1) is 6.20 Å². The van der Waals surface area contributed by atoms with Gasteiger partial charge in [-0.15, -0.1) is 24.8 Å². The second kappa shape index (κ2) is 9.50. The second-order valence-corrected chi connectivity index (χ2v) is 6.02. The van der Waals surface area contributed by atoms with E-state index in [0.717, 1.165) is 37.6 Å². The lowest BCUT2D eigenvalue weighted by Gasteiger charge is -2.36. The van der Waals surface area contributed by atoms with Crippen molar-refractivity contribution in [1.82, 2.24) is 20.0 Å². The third kappa shape index (κ3) is 5.37. The van der Waals surface area contributed by atoms with E-state index in [4.69, 9.17) is 11.6 Å². The molecule has 0 bridgehead atoms. The highest BCUT2D eigenvalue weighted by Crippen LogP contribution is 2.24. The average molecular weight is 378 g/mol. The molecule has 1 aromatic carbocycles. The maximum absolute atomic E-state index is 6.14. The Morgan fingerprint density at radius 1 is 1.35 bits per heavy atom. The summed E-state index contributed by atoms with van der Waals surface area (Å²) in [7, 11) is 1.96. The monoisotopic (exact) mass is 376 g/mol. The molecule has 7 heteroatoms. The molecule has 2 heterocycles. The Kier molecular flexibility index (Phi) is 8.37. The standard InChI is InChI=1S/C16H21ClN4.2ClH/c1-20-12-13(10-19-20)5-7-21-8-6-18-11-16(21)14-3-2-4-15(17)9-14;;/h2-4,9-10,12,16,18H,5-8,11H2,1H3;2*1H. The summed E-state index contributed by atoms with van der Waals surface area (Å²) in [6, 6.07) is 8.61. The smallest absolute Gasteiger partial charge is 0.0522 e. The molecular weight excluding hydrogens is 355 g/mol.